The third-order valence-electron chi connectivity index (χ3n) is 3.24. The van der Waals surface area contributed by atoms with Crippen LogP contribution in [0, 0.1) is 0 Å². The Morgan fingerprint density at radius 2 is 2.00 bits per heavy atom. The molecule has 0 saturated heterocycles. The molecule has 1 atom stereocenters. The number of sulfonamides is 1. The van der Waals surface area contributed by atoms with E-state index in [0.717, 1.165) is 19.3 Å². The van der Waals surface area contributed by atoms with Crippen LogP contribution in [0.15, 0.2) is 24.3 Å². The maximum absolute atomic E-state index is 11.8. The second kappa shape index (κ2) is 6.04. The second-order valence-corrected chi connectivity index (χ2v) is 6.94. The summed E-state index contributed by atoms with van der Waals surface area (Å²) >= 11 is 5.53. The fourth-order valence-corrected chi connectivity index (χ4v) is 4.00. The molecule has 1 aliphatic rings. The Morgan fingerprint density at radius 1 is 1.28 bits per heavy atom. The first-order chi connectivity index (χ1) is 8.61. The van der Waals surface area contributed by atoms with E-state index in [2.05, 4.69) is 16.9 Å². The van der Waals surface area contributed by atoms with Gasteiger partial charge in [0.15, 0.2) is 0 Å². The quantitative estimate of drug-likeness (QED) is 0.843. The van der Waals surface area contributed by atoms with Gasteiger partial charge in [0.05, 0.1) is 5.75 Å². The monoisotopic (exact) mass is 287 g/mol. The van der Waals surface area contributed by atoms with Crippen LogP contribution in [0.1, 0.15) is 24.0 Å². The third kappa shape index (κ3) is 3.70. The largest absolute Gasteiger partial charge is 0.212 e. The highest BCUT2D eigenvalue weighted by Crippen LogP contribution is 2.21. The highest BCUT2D eigenvalue weighted by atomic mass is 35.5. The zero-order chi connectivity index (χ0) is 13.0. The number of nitrogens with one attached hydrogen (secondary N) is 1. The van der Waals surface area contributed by atoms with E-state index in [4.69, 9.17) is 11.6 Å². The molecule has 18 heavy (non-hydrogen) atoms. The predicted molar refractivity (Wildman–Crippen MR) is 74.5 cm³/mol. The van der Waals surface area contributed by atoms with Crippen LogP contribution in [0.25, 0.3) is 0 Å². The lowest BCUT2D eigenvalue weighted by atomic mass is 9.89. The van der Waals surface area contributed by atoms with Gasteiger partial charge in [-0.1, -0.05) is 24.3 Å². The molecule has 3 nitrogen and oxygen atoms in total. The minimum Gasteiger partial charge on any atom is -0.212 e. The summed E-state index contributed by atoms with van der Waals surface area (Å²) in [5, 5.41) is 0. The van der Waals surface area contributed by atoms with Gasteiger partial charge in [-0.15, -0.1) is 11.6 Å². The molecule has 100 valence electrons. The summed E-state index contributed by atoms with van der Waals surface area (Å²) in [5.41, 5.74) is 2.60. The fourth-order valence-electron chi connectivity index (χ4n) is 2.36. The first-order valence-electron chi connectivity index (χ1n) is 6.23. The van der Waals surface area contributed by atoms with Crippen LogP contribution in [0.3, 0.4) is 0 Å². The summed E-state index contributed by atoms with van der Waals surface area (Å²) in [5.74, 6) is 0.503. The van der Waals surface area contributed by atoms with E-state index in [1.165, 1.54) is 11.1 Å². The van der Waals surface area contributed by atoms with Gasteiger partial charge in [0.25, 0.3) is 0 Å². The van der Waals surface area contributed by atoms with Crippen molar-refractivity contribution >= 4 is 21.6 Å². The van der Waals surface area contributed by atoms with E-state index in [9.17, 15) is 8.42 Å². The number of halogens is 1. The molecule has 2 rings (SSSR count). The van der Waals surface area contributed by atoms with Gasteiger partial charge in [-0.3, -0.25) is 0 Å². The van der Waals surface area contributed by atoms with Crippen molar-refractivity contribution in [3.63, 3.8) is 0 Å². The minimum absolute atomic E-state index is 0.0280. The molecule has 5 heteroatoms. The van der Waals surface area contributed by atoms with Crippen LogP contribution < -0.4 is 4.72 Å². The maximum Gasteiger partial charge on any atom is 0.211 e. The van der Waals surface area contributed by atoms with Crippen molar-refractivity contribution in [2.24, 2.45) is 0 Å². The summed E-state index contributed by atoms with van der Waals surface area (Å²) < 4.78 is 26.4. The van der Waals surface area contributed by atoms with Crippen LogP contribution in [-0.4, -0.2) is 26.1 Å². The highest BCUT2D eigenvalue weighted by molar-refractivity contribution is 7.89. The Bertz CT molecular complexity index is 501. The molecule has 0 bridgehead atoms. The summed E-state index contributed by atoms with van der Waals surface area (Å²) in [6, 6.07) is 8.26. The zero-order valence-electron chi connectivity index (χ0n) is 10.2. The average Bonchev–Trinajstić information content (AvgIpc) is 2.36. The Labute approximate surface area is 114 Å². The van der Waals surface area contributed by atoms with E-state index < -0.39 is 10.0 Å². The SMILES string of the molecule is O=S(=O)(CCCCl)NC1CCc2ccccc2C1. The van der Waals surface area contributed by atoms with E-state index in [1.54, 1.807) is 0 Å². The normalized spacial score (nSPS) is 19.5. The lowest BCUT2D eigenvalue weighted by Gasteiger charge is -2.25. The van der Waals surface area contributed by atoms with Gasteiger partial charge in [-0.2, -0.15) is 0 Å². The number of rotatable bonds is 5. The molecular formula is C13H18ClNO2S. The first kappa shape index (κ1) is 13.8. The van der Waals surface area contributed by atoms with Gasteiger partial charge in [0.2, 0.25) is 10.0 Å². The van der Waals surface area contributed by atoms with Crippen LogP contribution >= 0.6 is 11.6 Å². The summed E-state index contributed by atoms with van der Waals surface area (Å²) in [7, 11) is -3.18. The number of aryl methyl sites for hydroxylation is 1. The van der Waals surface area contributed by atoms with Crippen molar-refractivity contribution in [3.05, 3.63) is 35.4 Å². The van der Waals surface area contributed by atoms with Gasteiger partial charge >= 0.3 is 0 Å². The summed E-state index contributed by atoms with van der Waals surface area (Å²) in [4.78, 5) is 0. The molecule has 0 aromatic heterocycles. The highest BCUT2D eigenvalue weighted by Gasteiger charge is 2.22. The van der Waals surface area contributed by atoms with Gasteiger partial charge in [0, 0.05) is 11.9 Å². The van der Waals surface area contributed by atoms with Crippen LogP contribution in [-0.2, 0) is 22.9 Å². The van der Waals surface area contributed by atoms with Crippen LogP contribution in [0.2, 0.25) is 0 Å². The number of hydrogen-bond acceptors (Lipinski definition) is 2. The van der Waals surface area contributed by atoms with Crippen molar-refractivity contribution in [2.75, 3.05) is 11.6 Å². The number of fused-ring (bicyclic) bond motifs is 1. The average molecular weight is 288 g/mol. The molecular weight excluding hydrogens is 270 g/mol. The van der Waals surface area contributed by atoms with Crippen molar-refractivity contribution < 1.29 is 8.42 Å². The molecule has 1 aliphatic carbocycles. The standard InChI is InChI=1S/C13H18ClNO2S/c14-8-3-9-18(16,17)15-13-7-6-11-4-1-2-5-12(11)10-13/h1-2,4-5,13,15H,3,6-10H2. The smallest absolute Gasteiger partial charge is 0.211 e. The third-order valence-corrected chi connectivity index (χ3v) is 5.03. The Morgan fingerprint density at radius 3 is 2.72 bits per heavy atom. The van der Waals surface area contributed by atoms with E-state index >= 15 is 0 Å². The van der Waals surface area contributed by atoms with Gasteiger partial charge in [-0.05, 0) is 36.8 Å². The van der Waals surface area contributed by atoms with Gasteiger partial charge < -0.3 is 0 Å². The number of alkyl halides is 1. The Kier molecular flexibility index (Phi) is 4.65. The van der Waals surface area contributed by atoms with Crippen molar-refractivity contribution in [1.29, 1.82) is 0 Å². The molecule has 1 aromatic rings. The van der Waals surface area contributed by atoms with Crippen molar-refractivity contribution in [3.8, 4) is 0 Å². The molecule has 1 unspecified atom stereocenters. The second-order valence-electron chi connectivity index (χ2n) is 4.69. The van der Waals surface area contributed by atoms with E-state index in [-0.39, 0.29) is 11.8 Å². The summed E-state index contributed by atoms with van der Waals surface area (Å²) in [6.07, 6.45) is 3.10. The number of benzene rings is 1. The lowest BCUT2D eigenvalue weighted by molar-refractivity contribution is 0.507. The van der Waals surface area contributed by atoms with Crippen LogP contribution in [0.4, 0.5) is 0 Å². The zero-order valence-corrected chi connectivity index (χ0v) is 11.8. The van der Waals surface area contributed by atoms with Crippen LogP contribution in [0.5, 0.6) is 0 Å². The minimum atomic E-state index is -3.18. The van der Waals surface area contributed by atoms with E-state index in [1.807, 2.05) is 12.1 Å². The molecule has 0 heterocycles. The molecule has 0 aliphatic heterocycles. The lowest BCUT2D eigenvalue weighted by Crippen LogP contribution is -2.40. The van der Waals surface area contributed by atoms with E-state index in [0.29, 0.717) is 12.3 Å². The molecule has 0 saturated carbocycles. The molecule has 1 N–H and O–H groups in total. The molecule has 0 amide bonds. The Balaban J connectivity index is 1.97. The van der Waals surface area contributed by atoms with Gasteiger partial charge in [0.1, 0.15) is 0 Å². The predicted octanol–water partition coefficient (Wildman–Crippen LogP) is 2.09. The molecule has 0 radical (unpaired) electrons. The van der Waals surface area contributed by atoms with Gasteiger partial charge in [-0.25, -0.2) is 13.1 Å². The Hall–Kier alpha value is -0.580. The maximum atomic E-state index is 11.8. The van der Waals surface area contributed by atoms with Crippen molar-refractivity contribution in [2.45, 2.75) is 31.7 Å². The van der Waals surface area contributed by atoms with Crippen molar-refractivity contribution in [1.82, 2.24) is 4.72 Å². The topological polar surface area (TPSA) is 46.2 Å². The summed E-state index contributed by atoms with van der Waals surface area (Å²) in [6.45, 7) is 0. The molecule has 0 spiro atoms. The first-order valence-corrected chi connectivity index (χ1v) is 8.42. The molecule has 0 fully saturated rings. The fraction of sp³-hybridized carbons (Fsp3) is 0.538. The molecule has 1 aromatic carbocycles. The number of hydrogen-bond donors (Lipinski definition) is 1.